The van der Waals surface area contributed by atoms with Gasteiger partial charge in [0.25, 0.3) is 5.56 Å². The minimum absolute atomic E-state index is 0.0582. The van der Waals surface area contributed by atoms with Crippen molar-refractivity contribution in [1.82, 2.24) is 9.72 Å². The Kier molecular flexibility index (Phi) is 4.28. The molecule has 0 atom stereocenters. The highest BCUT2D eigenvalue weighted by atomic mass is 16.5. The number of pyridine rings is 1. The van der Waals surface area contributed by atoms with E-state index < -0.39 is 0 Å². The molecule has 0 aliphatic carbocycles. The maximum Gasteiger partial charge on any atom is 0.250 e. The van der Waals surface area contributed by atoms with E-state index in [1.165, 1.54) is 0 Å². The Balaban J connectivity index is 1.77. The molecule has 3 rings (SSSR count). The number of rotatable bonds is 5. The van der Waals surface area contributed by atoms with Crippen LogP contribution in [-0.2, 0) is 6.54 Å². The van der Waals surface area contributed by atoms with Crippen molar-refractivity contribution in [2.24, 2.45) is 0 Å². The normalized spacial score (nSPS) is 10.7. The van der Waals surface area contributed by atoms with Gasteiger partial charge in [-0.15, -0.1) is 0 Å². The number of nitrogens with zero attached hydrogens (tertiary/aromatic N) is 2. The van der Waals surface area contributed by atoms with Crippen LogP contribution in [0.3, 0.4) is 0 Å². The molecule has 0 spiro atoms. The maximum absolute atomic E-state index is 12.0. The second-order valence-corrected chi connectivity index (χ2v) is 5.31. The summed E-state index contributed by atoms with van der Waals surface area (Å²) in [6.45, 7) is 4.66. The topological polar surface area (TPSA) is 57.3 Å². The molecule has 23 heavy (non-hydrogen) atoms. The molecule has 2 heterocycles. The molecular formula is C18H18N2O3. The molecule has 0 bridgehead atoms. The average Bonchev–Trinajstić information content (AvgIpc) is 2.89. The molecule has 3 aromatic rings. The van der Waals surface area contributed by atoms with Crippen LogP contribution < -0.4 is 10.3 Å². The molecule has 0 radical (unpaired) electrons. The minimum Gasteiger partial charge on any atom is -0.492 e. The van der Waals surface area contributed by atoms with Gasteiger partial charge in [-0.3, -0.25) is 4.79 Å². The molecule has 1 aromatic carbocycles. The summed E-state index contributed by atoms with van der Waals surface area (Å²) in [6, 6.07) is 12.9. The number of benzene rings is 1. The van der Waals surface area contributed by atoms with Crippen molar-refractivity contribution < 1.29 is 9.26 Å². The first-order valence-corrected chi connectivity index (χ1v) is 7.47. The molecule has 0 saturated carbocycles. The summed E-state index contributed by atoms with van der Waals surface area (Å²) in [5.74, 6) is 1.54. The van der Waals surface area contributed by atoms with Crippen LogP contribution in [0, 0.1) is 13.8 Å². The molecule has 0 amide bonds. The van der Waals surface area contributed by atoms with Crippen molar-refractivity contribution in [1.29, 1.82) is 0 Å². The Labute approximate surface area is 134 Å². The summed E-state index contributed by atoms with van der Waals surface area (Å²) in [4.78, 5) is 12.0. The third kappa shape index (κ3) is 3.34. The highest BCUT2D eigenvalue weighted by Crippen LogP contribution is 2.25. The molecule has 0 fully saturated rings. The second kappa shape index (κ2) is 6.52. The fraction of sp³-hybridized carbons (Fsp3) is 0.222. The molecule has 0 saturated heterocycles. The molecule has 118 valence electrons. The van der Waals surface area contributed by atoms with E-state index in [4.69, 9.17) is 9.26 Å². The van der Waals surface area contributed by atoms with Crippen molar-refractivity contribution in [3.63, 3.8) is 0 Å². The third-order valence-electron chi connectivity index (χ3n) is 3.65. The third-order valence-corrected chi connectivity index (χ3v) is 3.65. The van der Waals surface area contributed by atoms with Gasteiger partial charge in [0, 0.05) is 23.4 Å². The van der Waals surface area contributed by atoms with Crippen LogP contribution in [0.5, 0.6) is 5.75 Å². The minimum atomic E-state index is -0.0582. The van der Waals surface area contributed by atoms with Crippen LogP contribution in [0.25, 0.3) is 11.1 Å². The zero-order valence-electron chi connectivity index (χ0n) is 13.2. The number of aromatic nitrogens is 2. The van der Waals surface area contributed by atoms with E-state index >= 15 is 0 Å². The molecule has 0 N–H and O–H groups in total. The van der Waals surface area contributed by atoms with Crippen LogP contribution in [0.2, 0.25) is 0 Å². The average molecular weight is 310 g/mol. The Morgan fingerprint density at radius 1 is 1.13 bits per heavy atom. The van der Waals surface area contributed by atoms with Gasteiger partial charge in [-0.2, -0.15) is 0 Å². The Hall–Kier alpha value is -2.82. The smallest absolute Gasteiger partial charge is 0.250 e. The first-order valence-electron chi connectivity index (χ1n) is 7.47. The van der Waals surface area contributed by atoms with Crippen molar-refractivity contribution in [3.05, 3.63) is 70.5 Å². The largest absolute Gasteiger partial charge is 0.492 e. The van der Waals surface area contributed by atoms with Crippen molar-refractivity contribution in [3.8, 4) is 16.9 Å². The van der Waals surface area contributed by atoms with Gasteiger partial charge < -0.3 is 13.8 Å². The Morgan fingerprint density at radius 2 is 1.91 bits per heavy atom. The van der Waals surface area contributed by atoms with Crippen LogP contribution in [-0.4, -0.2) is 16.3 Å². The monoisotopic (exact) mass is 310 g/mol. The van der Waals surface area contributed by atoms with Crippen molar-refractivity contribution >= 4 is 0 Å². The lowest BCUT2D eigenvalue weighted by molar-refractivity contribution is 0.296. The van der Waals surface area contributed by atoms with E-state index in [0.29, 0.717) is 13.2 Å². The summed E-state index contributed by atoms with van der Waals surface area (Å²) in [6.07, 6.45) is 1.82. The molecule has 0 aliphatic heterocycles. The molecular weight excluding hydrogens is 292 g/mol. The summed E-state index contributed by atoms with van der Waals surface area (Å²) in [5, 5.41) is 3.96. The number of ether oxygens (including phenoxy) is 1. The first-order chi connectivity index (χ1) is 11.1. The lowest BCUT2D eigenvalue weighted by Crippen LogP contribution is -2.22. The molecule has 0 aliphatic rings. The highest BCUT2D eigenvalue weighted by molar-refractivity contribution is 5.66. The summed E-state index contributed by atoms with van der Waals surface area (Å²) < 4.78 is 12.5. The van der Waals surface area contributed by atoms with Crippen LogP contribution in [0.1, 0.15) is 11.5 Å². The molecule has 5 nitrogen and oxygen atoms in total. The van der Waals surface area contributed by atoms with Gasteiger partial charge >= 0.3 is 0 Å². The Bertz CT molecular complexity index is 831. The summed E-state index contributed by atoms with van der Waals surface area (Å²) in [7, 11) is 0. The lowest BCUT2D eigenvalue weighted by Gasteiger charge is -2.10. The van der Waals surface area contributed by atoms with Gasteiger partial charge in [-0.05, 0) is 32.0 Å². The highest BCUT2D eigenvalue weighted by Gasteiger charge is 2.12. The van der Waals surface area contributed by atoms with E-state index in [1.807, 2.05) is 50.4 Å². The fourth-order valence-corrected chi connectivity index (χ4v) is 2.53. The number of hydrogen-bond donors (Lipinski definition) is 0. The molecule has 2 aromatic heterocycles. The van der Waals surface area contributed by atoms with Gasteiger partial charge in [-0.25, -0.2) is 0 Å². The van der Waals surface area contributed by atoms with E-state index in [1.54, 1.807) is 16.7 Å². The maximum atomic E-state index is 12.0. The zero-order chi connectivity index (χ0) is 16.2. The quantitative estimate of drug-likeness (QED) is 0.726. The standard InChI is InChI=1S/C18H18N2O3/c1-13-18(14(2)23-19-13)15-8-9-17(21)20(12-15)10-11-22-16-6-4-3-5-7-16/h3-9,12H,10-11H2,1-2H3. The number of hydrogen-bond acceptors (Lipinski definition) is 4. The summed E-state index contributed by atoms with van der Waals surface area (Å²) >= 11 is 0. The van der Waals surface area contributed by atoms with E-state index in [2.05, 4.69) is 5.16 Å². The van der Waals surface area contributed by atoms with Crippen LogP contribution in [0.15, 0.2) is 58.0 Å². The van der Waals surface area contributed by atoms with Gasteiger partial charge in [-0.1, -0.05) is 23.4 Å². The molecule has 0 unspecified atom stereocenters. The van der Waals surface area contributed by atoms with E-state index in [9.17, 15) is 4.79 Å². The van der Waals surface area contributed by atoms with Crippen LogP contribution >= 0.6 is 0 Å². The SMILES string of the molecule is Cc1noc(C)c1-c1ccc(=O)n(CCOc2ccccc2)c1. The van der Waals surface area contributed by atoms with Crippen LogP contribution in [0.4, 0.5) is 0 Å². The predicted octanol–water partition coefficient (Wildman–Crippen LogP) is 3.20. The van der Waals surface area contributed by atoms with Gasteiger partial charge in [0.15, 0.2) is 0 Å². The van der Waals surface area contributed by atoms with Gasteiger partial charge in [0.05, 0.1) is 12.2 Å². The predicted molar refractivity (Wildman–Crippen MR) is 87.6 cm³/mol. The first kappa shape index (κ1) is 15.1. The second-order valence-electron chi connectivity index (χ2n) is 5.31. The van der Waals surface area contributed by atoms with Crippen molar-refractivity contribution in [2.75, 3.05) is 6.61 Å². The molecule has 5 heteroatoms. The Morgan fingerprint density at radius 3 is 2.61 bits per heavy atom. The summed E-state index contributed by atoms with van der Waals surface area (Å²) in [5.41, 5.74) is 2.61. The van der Waals surface area contributed by atoms with Gasteiger partial charge in [0.1, 0.15) is 18.1 Å². The lowest BCUT2D eigenvalue weighted by atomic mass is 10.1. The van der Waals surface area contributed by atoms with E-state index in [-0.39, 0.29) is 5.56 Å². The van der Waals surface area contributed by atoms with Crippen molar-refractivity contribution in [2.45, 2.75) is 20.4 Å². The number of para-hydroxylation sites is 1. The number of aryl methyl sites for hydroxylation is 2. The zero-order valence-corrected chi connectivity index (χ0v) is 13.2. The fourth-order valence-electron chi connectivity index (χ4n) is 2.53. The van der Waals surface area contributed by atoms with E-state index in [0.717, 1.165) is 28.3 Å². The van der Waals surface area contributed by atoms with Gasteiger partial charge in [0.2, 0.25) is 0 Å².